The molecule has 0 amide bonds. The normalized spacial score (nSPS) is 10.0. The topological polar surface area (TPSA) is 74.7 Å². The highest BCUT2D eigenvalue weighted by Crippen LogP contribution is 2.27. The maximum Gasteiger partial charge on any atom is 0.157 e. The van der Waals surface area contributed by atoms with Crippen molar-refractivity contribution in [2.45, 2.75) is 6.54 Å². The number of halogens is 1. The lowest BCUT2D eigenvalue weighted by atomic mass is 10.3. The van der Waals surface area contributed by atoms with E-state index in [4.69, 9.17) is 11.0 Å². The van der Waals surface area contributed by atoms with Crippen LogP contribution in [0.1, 0.15) is 10.4 Å². The minimum absolute atomic E-state index is 0.294. The van der Waals surface area contributed by atoms with Gasteiger partial charge in [0.05, 0.1) is 6.54 Å². The van der Waals surface area contributed by atoms with E-state index in [1.807, 2.05) is 17.5 Å². The van der Waals surface area contributed by atoms with Crippen molar-refractivity contribution in [3.8, 4) is 6.07 Å². The molecule has 3 N–H and O–H groups in total. The standard InChI is InChI=1S/C9H7BrN4S2/c10-5-1-6(15-4-5)3-13-9-7(2-11)8(12)14-16-9/h1,4,13H,3H2,(H2,12,14). The van der Waals surface area contributed by atoms with Gasteiger partial charge in [-0.3, -0.25) is 0 Å². The second-order valence-electron chi connectivity index (χ2n) is 2.97. The Morgan fingerprint density at radius 1 is 1.62 bits per heavy atom. The number of nitrogens with one attached hydrogen (secondary N) is 1. The van der Waals surface area contributed by atoms with Crippen LogP contribution in [0.4, 0.5) is 10.8 Å². The Kier molecular flexibility index (Phi) is 3.43. The number of rotatable bonds is 3. The van der Waals surface area contributed by atoms with E-state index in [2.05, 4.69) is 25.6 Å². The Bertz CT molecular complexity index is 540. The van der Waals surface area contributed by atoms with Crippen molar-refractivity contribution in [3.63, 3.8) is 0 Å². The SMILES string of the molecule is N#Cc1c(N)nsc1NCc1cc(Br)cs1. The van der Waals surface area contributed by atoms with Gasteiger partial charge in [-0.1, -0.05) is 0 Å². The van der Waals surface area contributed by atoms with Gasteiger partial charge in [0.25, 0.3) is 0 Å². The molecule has 0 aliphatic rings. The van der Waals surface area contributed by atoms with Gasteiger partial charge in [-0.05, 0) is 33.5 Å². The molecular formula is C9H7BrN4S2. The molecule has 0 aliphatic heterocycles. The van der Waals surface area contributed by atoms with E-state index >= 15 is 0 Å². The third-order valence-electron chi connectivity index (χ3n) is 1.88. The molecule has 0 bridgehead atoms. The molecule has 4 nitrogen and oxygen atoms in total. The lowest BCUT2D eigenvalue weighted by Gasteiger charge is -2.00. The molecule has 0 aliphatic carbocycles. The van der Waals surface area contributed by atoms with Crippen LogP contribution in [0, 0.1) is 11.3 Å². The first-order chi connectivity index (χ1) is 7.70. The maximum atomic E-state index is 8.88. The van der Waals surface area contributed by atoms with E-state index < -0.39 is 0 Å². The number of thiophene rings is 1. The summed E-state index contributed by atoms with van der Waals surface area (Å²) in [5.74, 6) is 0.294. The first-order valence-electron chi connectivity index (χ1n) is 4.32. The van der Waals surface area contributed by atoms with Crippen molar-refractivity contribution in [2.24, 2.45) is 0 Å². The van der Waals surface area contributed by atoms with E-state index in [-0.39, 0.29) is 0 Å². The van der Waals surface area contributed by atoms with Crippen molar-refractivity contribution in [1.29, 1.82) is 5.26 Å². The quantitative estimate of drug-likeness (QED) is 0.913. The monoisotopic (exact) mass is 314 g/mol. The van der Waals surface area contributed by atoms with Gasteiger partial charge in [0.2, 0.25) is 0 Å². The molecule has 0 fully saturated rings. The number of nitriles is 1. The molecular weight excluding hydrogens is 308 g/mol. The Labute approximate surface area is 109 Å². The van der Waals surface area contributed by atoms with Crippen LogP contribution in [0.25, 0.3) is 0 Å². The molecule has 2 rings (SSSR count). The highest BCUT2D eigenvalue weighted by atomic mass is 79.9. The van der Waals surface area contributed by atoms with Crippen LogP contribution in [-0.2, 0) is 6.54 Å². The molecule has 0 aromatic carbocycles. The fourth-order valence-electron chi connectivity index (χ4n) is 1.15. The highest BCUT2D eigenvalue weighted by molar-refractivity contribution is 9.10. The average Bonchev–Trinajstić information content (AvgIpc) is 2.82. The number of nitrogens with zero attached hydrogens (tertiary/aromatic N) is 2. The molecule has 0 spiro atoms. The smallest absolute Gasteiger partial charge is 0.157 e. The summed E-state index contributed by atoms with van der Waals surface area (Å²) in [6, 6.07) is 4.08. The van der Waals surface area contributed by atoms with Crippen LogP contribution >= 0.6 is 38.8 Å². The number of anilines is 2. The summed E-state index contributed by atoms with van der Waals surface area (Å²) in [6.07, 6.45) is 0. The third-order valence-corrected chi connectivity index (χ3v) is 4.39. The van der Waals surface area contributed by atoms with Gasteiger partial charge in [-0.2, -0.15) is 9.64 Å². The molecule has 2 heterocycles. The van der Waals surface area contributed by atoms with E-state index in [9.17, 15) is 0 Å². The van der Waals surface area contributed by atoms with Crippen LogP contribution in [0.2, 0.25) is 0 Å². The summed E-state index contributed by atoms with van der Waals surface area (Å²) in [6.45, 7) is 0.673. The Morgan fingerprint density at radius 3 is 3.06 bits per heavy atom. The second-order valence-corrected chi connectivity index (χ2v) is 5.65. The van der Waals surface area contributed by atoms with E-state index in [1.165, 1.54) is 16.4 Å². The number of nitrogens with two attached hydrogens (primary N) is 1. The third kappa shape index (κ3) is 2.35. The zero-order valence-electron chi connectivity index (χ0n) is 8.03. The molecule has 0 saturated heterocycles. The number of aromatic nitrogens is 1. The van der Waals surface area contributed by atoms with Gasteiger partial charge in [-0.15, -0.1) is 11.3 Å². The van der Waals surface area contributed by atoms with Crippen LogP contribution in [0.5, 0.6) is 0 Å². The number of nitrogen functional groups attached to an aromatic ring is 1. The molecule has 2 aromatic heterocycles. The molecule has 0 unspecified atom stereocenters. The molecule has 2 aromatic rings. The van der Waals surface area contributed by atoms with Crippen molar-refractivity contribution in [3.05, 3.63) is 26.4 Å². The van der Waals surface area contributed by atoms with E-state index in [0.29, 0.717) is 17.9 Å². The summed E-state index contributed by atoms with van der Waals surface area (Å²) in [5.41, 5.74) is 5.99. The van der Waals surface area contributed by atoms with E-state index in [0.717, 1.165) is 9.47 Å². The second kappa shape index (κ2) is 4.82. The molecule has 0 atom stereocenters. The van der Waals surface area contributed by atoms with Gasteiger partial charge in [-0.25, -0.2) is 0 Å². The summed E-state index contributed by atoms with van der Waals surface area (Å²) in [5, 5.41) is 14.8. The van der Waals surface area contributed by atoms with Crippen LogP contribution in [0.15, 0.2) is 15.9 Å². The lowest BCUT2D eigenvalue weighted by molar-refractivity contribution is 1.20. The summed E-state index contributed by atoms with van der Waals surface area (Å²) in [7, 11) is 0. The highest BCUT2D eigenvalue weighted by Gasteiger charge is 2.10. The van der Waals surface area contributed by atoms with Gasteiger partial charge in [0.1, 0.15) is 16.6 Å². The van der Waals surface area contributed by atoms with Gasteiger partial charge in [0, 0.05) is 14.7 Å². The fraction of sp³-hybridized carbons (Fsp3) is 0.111. The minimum atomic E-state index is 0.294. The molecule has 0 radical (unpaired) electrons. The largest absolute Gasteiger partial charge is 0.382 e. The van der Waals surface area contributed by atoms with Crippen molar-refractivity contribution >= 4 is 49.6 Å². The zero-order valence-corrected chi connectivity index (χ0v) is 11.2. The number of hydrogen-bond donors (Lipinski definition) is 2. The van der Waals surface area contributed by atoms with Gasteiger partial charge < -0.3 is 11.1 Å². The predicted octanol–water partition coefficient (Wildman–Crippen LogP) is 3.03. The minimum Gasteiger partial charge on any atom is -0.382 e. The summed E-state index contributed by atoms with van der Waals surface area (Å²) in [4.78, 5) is 1.18. The molecule has 16 heavy (non-hydrogen) atoms. The zero-order chi connectivity index (χ0) is 11.5. The maximum absolute atomic E-state index is 8.88. The van der Waals surface area contributed by atoms with Crippen molar-refractivity contribution in [2.75, 3.05) is 11.1 Å². The number of hydrogen-bond acceptors (Lipinski definition) is 6. The van der Waals surface area contributed by atoms with Crippen LogP contribution in [0.3, 0.4) is 0 Å². The predicted molar refractivity (Wildman–Crippen MR) is 70.6 cm³/mol. The summed E-state index contributed by atoms with van der Waals surface area (Å²) < 4.78 is 5.00. The van der Waals surface area contributed by atoms with Crippen LogP contribution in [-0.4, -0.2) is 4.37 Å². The Balaban J connectivity index is 2.08. The van der Waals surface area contributed by atoms with Crippen molar-refractivity contribution in [1.82, 2.24) is 4.37 Å². The average molecular weight is 315 g/mol. The first kappa shape index (κ1) is 11.4. The van der Waals surface area contributed by atoms with Crippen molar-refractivity contribution < 1.29 is 0 Å². The Hall–Kier alpha value is -1.10. The lowest BCUT2D eigenvalue weighted by Crippen LogP contribution is -1.97. The fourth-order valence-corrected chi connectivity index (χ4v) is 3.19. The van der Waals surface area contributed by atoms with Gasteiger partial charge in [0.15, 0.2) is 5.82 Å². The summed E-state index contributed by atoms with van der Waals surface area (Å²) >= 11 is 6.25. The van der Waals surface area contributed by atoms with Gasteiger partial charge >= 0.3 is 0 Å². The first-order valence-corrected chi connectivity index (χ1v) is 6.77. The van der Waals surface area contributed by atoms with Crippen LogP contribution < -0.4 is 11.1 Å². The molecule has 82 valence electrons. The Morgan fingerprint density at radius 2 is 2.44 bits per heavy atom. The molecule has 7 heteroatoms. The molecule has 0 saturated carbocycles. The van der Waals surface area contributed by atoms with E-state index in [1.54, 1.807) is 11.3 Å².